The number of amides is 1. The Morgan fingerprint density at radius 3 is 2.79 bits per heavy atom. The van der Waals surface area contributed by atoms with Gasteiger partial charge in [-0.3, -0.25) is 9.59 Å². The molecule has 0 unspecified atom stereocenters. The molecule has 0 saturated heterocycles. The molecule has 2 aromatic carbocycles. The molecule has 122 valence electrons. The zero-order chi connectivity index (χ0) is 16.9. The summed E-state index contributed by atoms with van der Waals surface area (Å²) >= 11 is 0. The second kappa shape index (κ2) is 7.00. The number of nitrogens with one attached hydrogen (secondary N) is 2. The van der Waals surface area contributed by atoms with E-state index in [0.29, 0.717) is 24.0 Å². The van der Waals surface area contributed by atoms with E-state index in [0.717, 1.165) is 16.7 Å². The highest BCUT2D eigenvalue weighted by molar-refractivity contribution is 6.05. The number of hydrogen-bond donors (Lipinski definition) is 2. The Kier molecular flexibility index (Phi) is 4.61. The van der Waals surface area contributed by atoms with E-state index in [1.54, 1.807) is 13.2 Å². The number of carbonyl (C=O) groups excluding carboxylic acids is 1. The van der Waals surface area contributed by atoms with E-state index in [2.05, 4.69) is 10.3 Å². The number of H-pyrrole nitrogens is 1. The van der Waals surface area contributed by atoms with Gasteiger partial charge in [-0.1, -0.05) is 30.3 Å². The lowest BCUT2D eigenvalue weighted by molar-refractivity contribution is 0.0955. The largest absolute Gasteiger partial charge is 0.497 e. The molecule has 5 nitrogen and oxygen atoms in total. The first kappa shape index (κ1) is 15.8. The topological polar surface area (TPSA) is 71.2 Å². The molecule has 0 spiro atoms. The van der Waals surface area contributed by atoms with Gasteiger partial charge in [0.2, 0.25) is 5.56 Å². The Hall–Kier alpha value is -3.08. The first-order valence-electron chi connectivity index (χ1n) is 7.70. The van der Waals surface area contributed by atoms with Crippen molar-refractivity contribution in [1.29, 1.82) is 0 Å². The van der Waals surface area contributed by atoms with Crippen molar-refractivity contribution in [2.45, 2.75) is 6.42 Å². The molecule has 0 atom stereocenters. The monoisotopic (exact) mass is 322 g/mol. The first-order valence-corrected chi connectivity index (χ1v) is 7.70. The maximum atomic E-state index is 12.4. The molecule has 5 heteroatoms. The van der Waals surface area contributed by atoms with Crippen molar-refractivity contribution in [1.82, 2.24) is 10.3 Å². The fourth-order valence-electron chi connectivity index (χ4n) is 2.64. The predicted octanol–water partition coefficient (Wildman–Crippen LogP) is 2.51. The van der Waals surface area contributed by atoms with Crippen molar-refractivity contribution in [2.75, 3.05) is 13.7 Å². The number of benzene rings is 2. The summed E-state index contributed by atoms with van der Waals surface area (Å²) in [5.74, 6) is 0.541. The maximum Gasteiger partial charge on any atom is 0.252 e. The number of ether oxygens (including phenoxy) is 1. The van der Waals surface area contributed by atoms with Crippen molar-refractivity contribution in [3.63, 3.8) is 0 Å². The molecule has 24 heavy (non-hydrogen) atoms. The van der Waals surface area contributed by atoms with Crippen LogP contribution in [-0.2, 0) is 6.42 Å². The summed E-state index contributed by atoms with van der Waals surface area (Å²) in [5, 5.41) is 3.60. The van der Waals surface area contributed by atoms with Gasteiger partial charge in [-0.2, -0.15) is 0 Å². The smallest absolute Gasteiger partial charge is 0.252 e. The quantitative estimate of drug-likeness (QED) is 0.758. The lowest BCUT2D eigenvalue weighted by atomic mass is 10.1. The van der Waals surface area contributed by atoms with E-state index < -0.39 is 0 Å². The number of fused-ring (bicyclic) bond motifs is 1. The van der Waals surface area contributed by atoms with Crippen LogP contribution in [0.25, 0.3) is 10.9 Å². The summed E-state index contributed by atoms with van der Waals surface area (Å²) in [7, 11) is 1.62. The lowest BCUT2D eigenvalue weighted by Gasteiger charge is -2.08. The van der Waals surface area contributed by atoms with Gasteiger partial charge in [0.1, 0.15) is 5.75 Å². The van der Waals surface area contributed by atoms with Gasteiger partial charge in [0, 0.05) is 23.5 Å². The number of rotatable bonds is 5. The summed E-state index contributed by atoms with van der Waals surface area (Å²) in [4.78, 5) is 26.9. The maximum absolute atomic E-state index is 12.4. The van der Waals surface area contributed by atoms with E-state index >= 15 is 0 Å². The van der Waals surface area contributed by atoms with Crippen molar-refractivity contribution >= 4 is 16.8 Å². The van der Waals surface area contributed by atoms with Gasteiger partial charge < -0.3 is 15.0 Å². The van der Waals surface area contributed by atoms with Crippen LogP contribution in [-0.4, -0.2) is 24.5 Å². The van der Waals surface area contributed by atoms with E-state index in [-0.39, 0.29) is 11.5 Å². The van der Waals surface area contributed by atoms with E-state index in [1.807, 2.05) is 42.5 Å². The third kappa shape index (κ3) is 3.46. The molecule has 0 fully saturated rings. The number of aromatic amines is 1. The highest BCUT2D eigenvalue weighted by Crippen LogP contribution is 2.15. The molecule has 0 bridgehead atoms. The van der Waals surface area contributed by atoms with Gasteiger partial charge in [-0.25, -0.2) is 0 Å². The van der Waals surface area contributed by atoms with Crippen LogP contribution in [0.1, 0.15) is 15.9 Å². The Labute approximate surface area is 139 Å². The molecule has 0 aliphatic heterocycles. The van der Waals surface area contributed by atoms with Gasteiger partial charge in [-0.05, 0) is 30.2 Å². The van der Waals surface area contributed by atoms with Gasteiger partial charge >= 0.3 is 0 Å². The molecular weight excluding hydrogens is 304 g/mol. The Bertz CT molecular complexity index is 931. The summed E-state index contributed by atoms with van der Waals surface area (Å²) < 4.78 is 5.19. The van der Waals surface area contributed by atoms with E-state index in [9.17, 15) is 9.59 Å². The first-order chi connectivity index (χ1) is 11.7. The van der Waals surface area contributed by atoms with Crippen molar-refractivity contribution in [2.24, 2.45) is 0 Å². The average molecular weight is 322 g/mol. The number of pyridine rings is 1. The number of aromatic nitrogens is 1. The summed E-state index contributed by atoms with van der Waals surface area (Å²) in [6, 6.07) is 16.3. The second-order valence-electron chi connectivity index (χ2n) is 5.45. The van der Waals surface area contributed by atoms with Crippen LogP contribution < -0.4 is 15.6 Å². The van der Waals surface area contributed by atoms with Gasteiger partial charge in [0.15, 0.2) is 0 Å². The molecule has 3 aromatic rings. The Morgan fingerprint density at radius 2 is 1.96 bits per heavy atom. The summed E-state index contributed by atoms with van der Waals surface area (Å²) in [5.41, 5.74) is 1.83. The Balaban J connectivity index is 1.72. The molecule has 0 saturated carbocycles. The molecule has 1 amide bonds. The van der Waals surface area contributed by atoms with Crippen LogP contribution in [0.3, 0.4) is 0 Å². The molecular formula is C19H18N2O3. The van der Waals surface area contributed by atoms with Crippen LogP contribution in [0.2, 0.25) is 0 Å². The van der Waals surface area contributed by atoms with Crippen LogP contribution >= 0.6 is 0 Å². The van der Waals surface area contributed by atoms with Gasteiger partial charge in [0.25, 0.3) is 5.91 Å². The molecule has 0 radical (unpaired) electrons. The Morgan fingerprint density at radius 1 is 1.12 bits per heavy atom. The molecule has 1 heterocycles. The van der Waals surface area contributed by atoms with Crippen LogP contribution in [0.4, 0.5) is 0 Å². The minimum atomic E-state index is -0.286. The van der Waals surface area contributed by atoms with Gasteiger partial charge in [0.05, 0.1) is 12.7 Å². The zero-order valence-corrected chi connectivity index (χ0v) is 13.3. The minimum absolute atomic E-state index is 0.250. The van der Waals surface area contributed by atoms with Crippen molar-refractivity contribution < 1.29 is 9.53 Å². The second-order valence-corrected chi connectivity index (χ2v) is 5.45. The highest BCUT2D eigenvalue weighted by atomic mass is 16.5. The van der Waals surface area contributed by atoms with Crippen molar-refractivity contribution in [3.8, 4) is 5.75 Å². The standard InChI is InChI=1S/C19H18N2O3/c1-24-14-6-4-5-13(11-14)9-10-20-19(23)16-12-18(22)21-17-8-3-2-7-15(16)17/h2-8,11-12H,9-10H2,1H3,(H,20,23)(H,21,22). The van der Waals surface area contributed by atoms with Crippen LogP contribution in [0.15, 0.2) is 59.4 Å². The van der Waals surface area contributed by atoms with E-state index in [1.165, 1.54) is 6.07 Å². The normalized spacial score (nSPS) is 10.5. The third-order valence-electron chi connectivity index (χ3n) is 3.83. The fraction of sp³-hybridized carbons (Fsp3) is 0.158. The molecule has 2 N–H and O–H groups in total. The average Bonchev–Trinajstić information content (AvgIpc) is 2.61. The van der Waals surface area contributed by atoms with Gasteiger partial charge in [-0.15, -0.1) is 0 Å². The predicted molar refractivity (Wildman–Crippen MR) is 93.6 cm³/mol. The van der Waals surface area contributed by atoms with Crippen LogP contribution in [0, 0.1) is 0 Å². The number of carbonyl (C=O) groups is 1. The number of methoxy groups -OCH3 is 1. The molecule has 0 aliphatic rings. The third-order valence-corrected chi connectivity index (χ3v) is 3.83. The van der Waals surface area contributed by atoms with Crippen LogP contribution in [0.5, 0.6) is 5.75 Å². The molecule has 0 aliphatic carbocycles. The van der Waals surface area contributed by atoms with E-state index in [4.69, 9.17) is 4.74 Å². The fourth-order valence-corrected chi connectivity index (χ4v) is 2.64. The minimum Gasteiger partial charge on any atom is -0.497 e. The summed E-state index contributed by atoms with van der Waals surface area (Å²) in [6.07, 6.45) is 0.685. The molecule has 3 rings (SSSR count). The summed E-state index contributed by atoms with van der Waals surface area (Å²) in [6.45, 7) is 0.479. The number of para-hydroxylation sites is 1. The SMILES string of the molecule is COc1cccc(CCNC(=O)c2cc(=O)[nH]c3ccccc23)c1. The zero-order valence-electron chi connectivity index (χ0n) is 13.3. The number of hydrogen-bond acceptors (Lipinski definition) is 3. The van der Waals surface area contributed by atoms with Crippen molar-refractivity contribution in [3.05, 3.63) is 76.1 Å². The lowest BCUT2D eigenvalue weighted by Crippen LogP contribution is -2.27. The molecule has 1 aromatic heterocycles. The highest BCUT2D eigenvalue weighted by Gasteiger charge is 2.11.